The van der Waals surface area contributed by atoms with E-state index in [1.54, 1.807) is 0 Å². The number of benzene rings is 2. The van der Waals surface area contributed by atoms with Crippen molar-refractivity contribution in [2.45, 2.75) is 44.2 Å². The monoisotopic (exact) mass is 366 g/mol. The molecule has 0 aliphatic heterocycles. The van der Waals surface area contributed by atoms with E-state index in [1.807, 2.05) is 60.7 Å². The van der Waals surface area contributed by atoms with Crippen LogP contribution >= 0.6 is 0 Å². The van der Waals surface area contributed by atoms with Gasteiger partial charge >= 0.3 is 5.97 Å². The largest absolute Gasteiger partial charge is 0.481 e. The van der Waals surface area contributed by atoms with Gasteiger partial charge in [-0.25, -0.2) is 0 Å². The Bertz CT molecular complexity index is 741. The minimum absolute atomic E-state index is 0.0644. The van der Waals surface area contributed by atoms with Gasteiger partial charge in [0.25, 0.3) is 0 Å². The minimum atomic E-state index is -0.712. The topological polar surface area (TPSA) is 78.4 Å². The number of anilines is 1. The van der Waals surface area contributed by atoms with Crippen molar-refractivity contribution in [3.05, 3.63) is 66.2 Å². The molecule has 0 unspecified atom stereocenters. The standard InChI is InChI=1S/C22H26N2O3/c25-21(24-18-9-5-2-6-10-18)20(15-16-7-3-1-4-8-16)23-19-13-11-17(12-14-19)22(26)27/h1-10,17,19-20,23H,11-15H2,(H,24,25)(H,26,27)/t17?,19?,20-/m1/s1. The molecule has 0 radical (unpaired) electrons. The molecule has 142 valence electrons. The number of aliphatic carboxylic acids is 1. The van der Waals surface area contributed by atoms with Gasteiger partial charge in [-0.15, -0.1) is 0 Å². The molecule has 0 aromatic heterocycles. The van der Waals surface area contributed by atoms with Crippen LogP contribution in [0.2, 0.25) is 0 Å². The lowest BCUT2D eigenvalue weighted by molar-refractivity contribution is -0.143. The van der Waals surface area contributed by atoms with Crippen LogP contribution in [0.5, 0.6) is 0 Å². The molecule has 0 bridgehead atoms. The number of nitrogens with one attached hydrogen (secondary N) is 2. The second kappa shape index (κ2) is 9.33. The highest BCUT2D eigenvalue weighted by molar-refractivity contribution is 5.95. The average molecular weight is 366 g/mol. The number of carboxylic acids is 1. The maximum absolute atomic E-state index is 12.9. The zero-order valence-electron chi connectivity index (χ0n) is 15.3. The molecule has 1 fully saturated rings. The van der Waals surface area contributed by atoms with E-state index < -0.39 is 5.97 Å². The van der Waals surface area contributed by atoms with Crippen LogP contribution in [0.1, 0.15) is 31.2 Å². The van der Waals surface area contributed by atoms with Crippen molar-refractivity contribution in [2.75, 3.05) is 5.32 Å². The van der Waals surface area contributed by atoms with Crippen molar-refractivity contribution in [3.8, 4) is 0 Å². The first-order valence-electron chi connectivity index (χ1n) is 9.50. The lowest BCUT2D eigenvalue weighted by atomic mass is 9.85. The first-order chi connectivity index (χ1) is 13.1. The van der Waals surface area contributed by atoms with E-state index in [-0.39, 0.29) is 23.9 Å². The van der Waals surface area contributed by atoms with E-state index in [2.05, 4.69) is 10.6 Å². The third kappa shape index (κ3) is 5.66. The van der Waals surface area contributed by atoms with Gasteiger partial charge in [-0.05, 0) is 49.8 Å². The Morgan fingerprint density at radius 3 is 2.11 bits per heavy atom. The van der Waals surface area contributed by atoms with E-state index in [9.17, 15) is 9.59 Å². The number of para-hydroxylation sites is 1. The van der Waals surface area contributed by atoms with E-state index in [1.165, 1.54) is 0 Å². The van der Waals surface area contributed by atoms with Crippen molar-refractivity contribution < 1.29 is 14.7 Å². The van der Waals surface area contributed by atoms with Crippen LogP contribution in [0.4, 0.5) is 5.69 Å². The van der Waals surface area contributed by atoms with Gasteiger partial charge in [0.1, 0.15) is 0 Å². The third-order valence-corrected chi connectivity index (χ3v) is 5.15. The minimum Gasteiger partial charge on any atom is -0.481 e. The Hall–Kier alpha value is -2.66. The summed E-state index contributed by atoms with van der Waals surface area (Å²) in [5.74, 6) is -1.03. The molecule has 0 spiro atoms. The number of hydrogen-bond donors (Lipinski definition) is 3. The Morgan fingerprint density at radius 1 is 0.926 bits per heavy atom. The van der Waals surface area contributed by atoms with Crippen LogP contribution in [0, 0.1) is 5.92 Å². The van der Waals surface area contributed by atoms with Crippen molar-refractivity contribution >= 4 is 17.6 Å². The second-order valence-corrected chi connectivity index (χ2v) is 7.15. The molecular weight excluding hydrogens is 340 g/mol. The maximum Gasteiger partial charge on any atom is 0.306 e. The summed E-state index contributed by atoms with van der Waals surface area (Å²) in [4.78, 5) is 24.0. The molecule has 1 saturated carbocycles. The number of carboxylic acid groups (broad SMARTS) is 1. The average Bonchev–Trinajstić information content (AvgIpc) is 2.69. The summed E-state index contributed by atoms with van der Waals surface area (Å²) >= 11 is 0. The molecular formula is C22H26N2O3. The van der Waals surface area contributed by atoms with Crippen molar-refractivity contribution in [2.24, 2.45) is 5.92 Å². The van der Waals surface area contributed by atoms with Crippen molar-refractivity contribution in [1.29, 1.82) is 0 Å². The lowest BCUT2D eigenvalue weighted by Crippen LogP contribution is -2.48. The van der Waals surface area contributed by atoms with Gasteiger partial charge in [0.2, 0.25) is 5.91 Å². The Kier molecular flexibility index (Phi) is 6.60. The number of carbonyl (C=O) groups excluding carboxylic acids is 1. The summed E-state index contributed by atoms with van der Waals surface area (Å²) in [6, 6.07) is 19.2. The van der Waals surface area contributed by atoms with Gasteiger partial charge in [0.15, 0.2) is 0 Å². The highest BCUT2D eigenvalue weighted by atomic mass is 16.4. The quantitative estimate of drug-likeness (QED) is 0.701. The van der Waals surface area contributed by atoms with Crippen LogP contribution in [0.25, 0.3) is 0 Å². The van der Waals surface area contributed by atoms with Gasteiger partial charge in [-0.3, -0.25) is 9.59 Å². The highest BCUT2D eigenvalue weighted by Crippen LogP contribution is 2.25. The van der Waals surface area contributed by atoms with Gasteiger partial charge < -0.3 is 15.7 Å². The molecule has 3 rings (SSSR count). The summed E-state index contributed by atoms with van der Waals surface area (Å²) in [6.07, 6.45) is 3.47. The predicted octanol–water partition coefficient (Wildman–Crippen LogP) is 3.47. The van der Waals surface area contributed by atoms with Crippen LogP contribution in [-0.4, -0.2) is 29.1 Å². The number of hydrogen-bond acceptors (Lipinski definition) is 3. The SMILES string of the molecule is O=C(O)C1CCC(N[C@H](Cc2ccccc2)C(=O)Nc2ccccc2)CC1. The van der Waals surface area contributed by atoms with Gasteiger partial charge in [0.05, 0.1) is 12.0 Å². The molecule has 0 saturated heterocycles. The maximum atomic E-state index is 12.9. The second-order valence-electron chi connectivity index (χ2n) is 7.15. The van der Waals surface area contributed by atoms with Gasteiger partial charge in [-0.2, -0.15) is 0 Å². The van der Waals surface area contributed by atoms with E-state index in [4.69, 9.17) is 5.11 Å². The van der Waals surface area contributed by atoms with E-state index in [0.29, 0.717) is 19.3 Å². The smallest absolute Gasteiger partial charge is 0.306 e. The van der Waals surface area contributed by atoms with E-state index >= 15 is 0 Å². The summed E-state index contributed by atoms with van der Waals surface area (Å²) < 4.78 is 0. The van der Waals surface area contributed by atoms with Crippen molar-refractivity contribution in [1.82, 2.24) is 5.32 Å². The summed E-state index contributed by atoms with van der Waals surface area (Å²) in [5.41, 5.74) is 1.87. The third-order valence-electron chi connectivity index (χ3n) is 5.15. The van der Waals surface area contributed by atoms with Crippen LogP contribution in [0.3, 0.4) is 0 Å². The zero-order valence-corrected chi connectivity index (χ0v) is 15.3. The zero-order chi connectivity index (χ0) is 19.1. The molecule has 2 aromatic rings. The molecule has 1 amide bonds. The molecule has 5 nitrogen and oxygen atoms in total. The Labute approximate surface area is 159 Å². The molecule has 3 N–H and O–H groups in total. The normalized spacial score (nSPS) is 20.6. The Morgan fingerprint density at radius 2 is 1.52 bits per heavy atom. The fraction of sp³-hybridized carbons (Fsp3) is 0.364. The summed E-state index contributed by atoms with van der Waals surface area (Å²) in [5, 5.41) is 15.6. The molecule has 5 heteroatoms. The first kappa shape index (κ1) is 19.1. The fourth-order valence-corrected chi connectivity index (χ4v) is 3.62. The molecule has 1 atom stereocenters. The van der Waals surface area contributed by atoms with Gasteiger partial charge in [0, 0.05) is 11.7 Å². The van der Waals surface area contributed by atoms with Crippen LogP contribution in [-0.2, 0) is 16.0 Å². The molecule has 1 aliphatic carbocycles. The molecule has 0 heterocycles. The summed E-state index contributed by atoms with van der Waals surface area (Å²) in [7, 11) is 0. The lowest BCUT2D eigenvalue weighted by Gasteiger charge is -2.30. The fourth-order valence-electron chi connectivity index (χ4n) is 3.62. The number of amides is 1. The molecule has 27 heavy (non-hydrogen) atoms. The van der Waals surface area contributed by atoms with Crippen molar-refractivity contribution in [3.63, 3.8) is 0 Å². The molecule has 2 aromatic carbocycles. The molecule has 1 aliphatic rings. The number of rotatable bonds is 7. The van der Waals surface area contributed by atoms with Crippen LogP contribution in [0.15, 0.2) is 60.7 Å². The first-order valence-corrected chi connectivity index (χ1v) is 9.50. The predicted molar refractivity (Wildman–Crippen MR) is 106 cm³/mol. The Balaban J connectivity index is 1.66. The highest BCUT2D eigenvalue weighted by Gasteiger charge is 2.29. The van der Waals surface area contributed by atoms with E-state index in [0.717, 1.165) is 24.1 Å². The van der Waals surface area contributed by atoms with Crippen LogP contribution < -0.4 is 10.6 Å². The van der Waals surface area contributed by atoms with Gasteiger partial charge in [-0.1, -0.05) is 48.5 Å². The summed E-state index contributed by atoms with van der Waals surface area (Å²) in [6.45, 7) is 0. The number of carbonyl (C=O) groups is 2.